The van der Waals surface area contributed by atoms with Gasteiger partial charge in [0.15, 0.2) is 0 Å². The predicted molar refractivity (Wildman–Crippen MR) is 41.9 cm³/mol. The number of halogens is 1. The highest BCUT2D eigenvalue weighted by Gasteiger charge is 1.96. The third-order valence-electron chi connectivity index (χ3n) is 1.02. The maximum absolute atomic E-state index is 12.1. The molecule has 0 aliphatic rings. The highest BCUT2D eigenvalue weighted by molar-refractivity contribution is 5.23. The Balaban J connectivity index is 0.000000461. The fourth-order valence-electron chi connectivity index (χ4n) is 0.523. The number of nitrogens with zero attached hydrogens (tertiary/aromatic N) is 1. The summed E-state index contributed by atoms with van der Waals surface area (Å²) >= 11 is 0. The van der Waals surface area contributed by atoms with Crippen molar-refractivity contribution in [3.63, 3.8) is 0 Å². The lowest BCUT2D eigenvalue weighted by Crippen LogP contribution is -1.84. The second kappa shape index (κ2) is 4.66. The summed E-state index contributed by atoms with van der Waals surface area (Å²) < 4.78 is 12.1. The summed E-state index contributed by atoms with van der Waals surface area (Å²) in [6.07, 6.45) is 0. The molecule has 62 valence electrons. The molecule has 0 atom stereocenters. The van der Waals surface area contributed by atoms with Crippen LogP contribution in [0.1, 0.15) is 19.5 Å². The standard InChI is InChI=1S/C6H6FNO.C2H6/c1-4-5(9)2-3-6(7)8-4;1-2/h2-3,9H,1H3;1-2H3. The van der Waals surface area contributed by atoms with Gasteiger partial charge in [-0.15, -0.1) is 0 Å². The van der Waals surface area contributed by atoms with E-state index in [1.165, 1.54) is 6.07 Å². The average Bonchev–Trinajstić information content (AvgIpc) is 2.02. The molecule has 0 bridgehead atoms. The Morgan fingerprint density at radius 1 is 1.36 bits per heavy atom. The molecule has 11 heavy (non-hydrogen) atoms. The molecule has 1 N–H and O–H groups in total. The van der Waals surface area contributed by atoms with Gasteiger partial charge in [0.25, 0.3) is 0 Å². The Labute approximate surface area is 65.7 Å². The first kappa shape index (κ1) is 9.88. The lowest BCUT2D eigenvalue weighted by atomic mass is 10.3. The fraction of sp³-hybridized carbons (Fsp3) is 0.375. The number of aryl methyl sites for hydroxylation is 1. The van der Waals surface area contributed by atoms with E-state index in [1.807, 2.05) is 13.8 Å². The first-order chi connectivity index (χ1) is 5.20. The van der Waals surface area contributed by atoms with Crippen LogP contribution in [0.5, 0.6) is 5.75 Å². The first-order valence-corrected chi connectivity index (χ1v) is 3.52. The molecule has 1 rings (SSSR count). The Bertz CT molecular complexity index is 225. The lowest BCUT2D eigenvalue weighted by Gasteiger charge is -1.93. The minimum atomic E-state index is -0.565. The second-order valence-corrected chi connectivity index (χ2v) is 1.74. The molecule has 3 heteroatoms. The van der Waals surface area contributed by atoms with Crippen LogP contribution in [-0.2, 0) is 0 Å². The maximum Gasteiger partial charge on any atom is 0.213 e. The SMILES string of the molecule is CC.Cc1nc(F)ccc1O. The van der Waals surface area contributed by atoms with Crippen LogP contribution in [0.25, 0.3) is 0 Å². The third-order valence-corrected chi connectivity index (χ3v) is 1.02. The second-order valence-electron chi connectivity index (χ2n) is 1.74. The summed E-state index contributed by atoms with van der Waals surface area (Å²) in [5.41, 5.74) is 0.315. The molecule has 1 aromatic rings. The maximum atomic E-state index is 12.1. The van der Waals surface area contributed by atoms with Gasteiger partial charge in [-0.25, -0.2) is 4.98 Å². The van der Waals surface area contributed by atoms with Gasteiger partial charge in [0, 0.05) is 0 Å². The van der Waals surface area contributed by atoms with Gasteiger partial charge in [0.05, 0.1) is 5.69 Å². The van der Waals surface area contributed by atoms with Crippen molar-refractivity contribution in [2.45, 2.75) is 20.8 Å². The Kier molecular flexibility index (Phi) is 4.18. The van der Waals surface area contributed by atoms with Crippen LogP contribution in [0.15, 0.2) is 12.1 Å². The molecule has 0 radical (unpaired) electrons. The van der Waals surface area contributed by atoms with Gasteiger partial charge in [-0.3, -0.25) is 0 Å². The van der Waals surface area contributed by atoms with Gasteiger partial charge >= 0.3 is 0 Å². The smallest absolute Gasteiger partial charge is 0.213 e. The van der Waals surface area contributed by atoms with Crippen molar-refractivity contribution in [2.24, 2.45) is 0 Å². The van der Waals surface area contributed by atoms with E-state index in [0.717, 1.165) is 6.07 Å². The fourth-order valence-corrected chi connectivity index (χ4v) is 0.523. The van der Waals surface area contributed by atoms with Gasteiger partial charge in [-0.05, 0) is 19.1 Å². The molecule has 1 heterocycles. The number of aromatic nitrogens is 1. The van der Waals surface area contributed by atoms with Crippen LogP contribution >= 0.6 is 0 Å². The summed E-state index contributed by atoms with van der Waals surface area (Å²) in [5, 5.41) is 8.81. The van der Waals surface area contributed by atoms with Gasteiger partial charge in [0.2, 0.25) is 5.95 Å². The van der Waals surface area contributed by atoms with Gasteiger partial charge in [-0.2, -0.15) is 4.39 Å². The monoisotopic (exact) mass is 157 g/mol. The molecule has 2 nitrogen and oxygen atoms in total. The van der Waals surface area contributed by atoms with E-state index in [0.29, 0.717) is 5.69 Å². The van der Waals surface area contributed by atoms with Crippen LogP contribution in [-0.4, -0.2) is 10.1 Å². The molecule has 0 unspecified atom stereocenters. The topological polar surface area (TPSA) is 33.1 Å². The zero-order chi connectivity index (χ0) is 8.85. The summed E-state index contributed by atoms with van der Waals surface area (Å²) in [6, 6.07) is 2.39. The summed E-state index contributed by atoms with van der Waals surface area (Å²) in [4.78, 5) is 3.36. The number of aromatic hydroxyl groups is 1. The minimum absolute atomic E-state index is 0.0244. The van der Waals surface area contributed by atoms with Crippen LogP contribution in [0.4, 0.5) is 4.39 Å². The van der Waals surface area contributed by atoms with E-state index in [2.05, 4.69) is 4.98 Å². The van der Waals surface area contributed by atoms with Gasteiger partial charge in [-0.1, -0.05) is 13.8 Å². The Hall–Kier alpha value is -1.12. The summed E-state index contributed by atoms with van der Waals surface area (Å²) in [6.45, 7) is 5.54. The van der Waals surface area contributed by atoms with E-state index >= 15 is 0 Å². The largest absolute Gasteiger partial charge is 0.506 e. The predicted octanol–water partition coefficient (Wildman–Crippen LogP) is 2.26. The van der Waals surface area contributed by atoms with E-state index in [1.54, 1.807) is 6.92 Å². The molecular weight excluding hydrogens is 145 g/mol. The van der Waals surface area contributed by atoms with Crippen LogP contribution in [0.3, 0.4) is 0 Å². The first-order valence-electron chi connectivity index (χ1n) is 3.52. The van der Waals surface area contributed by atoms with Crippen molar-refractivity contribution < 1.29 is 9.50 Å². The van der Waals surface area contributed by atoms with Crippen molar-refractivity contribution in [3.8, 4) is 5.75 Å². The highest BCUT2D eigenvalue weighted by Crippen LogP contribution is 2.11. The van der Waals surface area contributed by atoms with Gasteiger partial charge in [0.1, 0.15) is 5.75 Å². The summed E-state index contributed by atoms with van der Waals surface area (Å²) in [5.74, 6) is -0.540. The number of hydrogen-bond acceptors (Lipinski definition) is 2. The lowest BCUT2D eigenvalue weighted by molar-refractivity contribution is 0.460. The molecule has 0 aromatic carbocycles. The minimum Gasteiger partial charge on any atom is -0.506 e. The third kappa shape index (κ3) is 2.98. The van der Waals surface area contributed by atoms with E-state index in [9.17, 15) is 4.39 Å². The molecule has 0 saturated heterocycles. The zero-order valence-electron chi connectivity index (χ0n) is 6.93. The molecule has 0 saturated carbocycles. The zero-order valence-corrected chi connectivity index (χ0v) is 6.93. The number of pyridine rings is 1. The van der Waals surface area contributed by atoms with Crippen molar-refractivity contribution in [3.05, 3.63) is 23.8 Å². The molecule has 0 spiro atoms. The molecule has 0 aliphatic heterocycles. The van der Waals surface area contributed by atoms with Crippen molar-refractivity contribution in [1.29, 1.82) is 0 Å². The quantitative estimate of drug-likeness (QED) is 0.586. The Morgan fingerprint density at radius 2 is 1.91 bits per heavy atom. The average molecular weight is 157 g/mol. The Morgan fingerprint density at radius 3 is 2.27 bits per heavy atom. The molecular formula is C8H12FNO. The van der Waals surface area contributed by atoms with E-state index in [-0.39, 0.29) is 5.75 Å². The summed E-state index contributed by atoms with van der Waals surface area (Å²) in [7, 11) is 0. The molecule has 0 amide bonds. The number of hydrogen-bond donors (Lipinski definition) is 1. The number of rotatable bonds is 0. The van der Waals surface area contributed by atoms with Crippen LogP contribution in [0.2, 0.25) is 0 Å². The molecule has 0 fully saturated rings. The van der Waals surface area contributed by atoms with Gasteiger partial charge < -0.3 is 5.11 Å². The van der Waals surface area contributed by atoms with E-state index < -0.39 is 5.95 Å². The molecule has 0 aliphatic carbocycles. The van der Waals surface area contributed by atoms with Crippen molar-refractivity contribution >= 4 is 0 Å². The molecule has 1 aromatic heterocycles. The normalized spacial score (nSPS) is 8.36. The van der Waals surface area contributed by atoms with Crippen LogP contribution in [0, 0.1) is 12.9 Å². The van der Waals surface area contributed by atoms with Crippen molar-refractivity contribution in [1.82, 2.24) is 4.98 Å². The van der Waals surface area contributed by atoms with Crippen molar-refractivity contribution in [2.75, 3.05) is 0 Å². The van der Waals surface area contributed by atoms with Crippen LogP contribution < -0.4 is 0 Å². The van der Waals surface area contributed by atoms with E-state index in [4.69, 9.17) is 5.11 Å². The highest BCUT2D eigenvalue weighted by atomic mass is 19.1.